The number of amidine groups is 1. The molecule has 0 aliphatic carbocycles. The van der Waals surface area contributed by atoms with Gasteiger partial charge in [0.15, 0.2) is 5.17 Å². The van der Waals surface area contributed by atoms with Gasteiger partial charge >= 0.3 is 0 Å². The van der Waals surface area contributed by atoms with Crippen LogP contribution in [0.1, 0.15) is 0 Å². The van der Waals surface area contributed by atoms with E-state index in [2.05, 4.69) is 23.2 Å². The lowest BCUT2D eigenvalue weighted by Gasteiger charge is -2.09. The molecule has 0 fully saturated rings. The number of likely N-dealkylation sites (N-methyl/N-ethyl adjacent to an activating group) is 1. The minimum Gasteiger partial charge on any atom is -0.353 e. The molecule has 0 aromatic carbocycles. The van der Waals surface area contributed by atoms with Gasteiger partial charge in [0.2, 0.25) is 0 Å². The summed E-state index contributed by atoms with van der Waals surface area (Å²) in [4.78, 5) is 6.41. The van der Waals surface area contributed by atoms with Gasteiger partial charge in [-0.2, -0.15) is 0 Å². The van der Waals surface area contributed by atoms with Gasteiger partial charge in [0.1, 0.15) is 0 Å². The van der Waals surface area contributed by atoms with Crippen LogP contribution in [0.3, 0.4) is 0 Å². The van der Waals surface area contributed by atoms with Crippen LogP contribution in [0.2, 0.25) is 0 Å². The normalized spacial score (nSPS) is 17.1. The molecule has 4 heteroatoms. The summed E-state index contributed by atoms with van der Waals surface area (Å²) < 4.78 is 0. The van der Waals surface area contributed by atoms with Crippen LogP contribution in [0.4, 0.5) is 0 Å². The Hall–Kier alpha value is 0.550. The Bertz CT molecular complexity index is 116. The van der Waals surface area contributed by atoms with Crippen LogP contribution < -0.4 is 0 Å². The lowest BCUT2D eigenvalue weighted by molar-refractivity contribution is 0.564. The minimum absolute atomic E-state index is 0. The molecule has 1 aliphatic heterocycles. The Labute approximate surface area is 77.1 Å². The van der Waals surface area contributed by atoms with Gasteiger partial charge in [0, 0.05) is 13.6 Å². The van der Waals surface area contributed by atoms with E-state index in [9.17, 15) is 0 Å². The van der Waals surface area contributed by atoms with Crippen molar-refractivity contribution in [3.05, 3.63) is 0 Å². The van der Waals surface area contributed by atoms with Crippen molar-refractivity contribution in [2.24, 2.45) is 4.99 Å². The number of aliphatic imine (C=N–C) groups is 1. The van der Waals surface area contributed by atoms with Crippen LogP contribution in [0, 0.1) is 0 Å². The molecule has 2 nitrogen and oxygen atoms in total. The molecule has 0 aromatic rings. The molecule has 0 saturated carbocycles. The standard InChI is InChI=1S/C5H10N2S.HI/c1-7-4-3-6-5(7)8-2;/h3-4H2,1-2H3;1H. The molecule has 0 saturated heterocycles. The summed E-state index contributed by atoms with van der Waals surface area (Å²) in [6.07, 6.45) is 2.06. The predicted octanol–water partition coefficient (Wildman–Crippen LogP) is 1.27. The molecule has 9 heavy (non-hydrogen) atoms. The maximum absolute atomic E-state index is 4.24. The highest BCUT2D eigenvalue weighted by atomic mass is 127. The van der Waals surface area contributed by atoms with Gasteiger partial charge in [0.25, 0.3) is 0 Å². The van der Waals surface area contributed by atoms with E-state index in [1.54, 1.807) is 11.8 Å². The van der Waals surface area contributed by atoms with Crippen LogP contribution in [0.15, 0.2) is 4.99 Å². The fraction of sp³-hybridized carbons (Fsp3) is 0.800. The highest BCUT2D eigenvalue weighted by Gasteiger charge is 2.08. The zero-order chi connectivity index (χ0) is 5.98. The van der Waals surface area contributed by atoms with Gasteiger partial charge in [0.05, 0.1) is 6.54 Å². The zero-order valence-corrected chi connectivity index (χ0v) is 8.77. The summed E-state index contributed by atoms with van der Waals surface area (Å²) in [5, 5.41) is 1.17. The molecular weight excluding hydrogens is 247 g/mol. The second-order valence-electron chi connectivity index (χ2n) is 1.79. The molecule has 0 atom stereocenters. The van der Waals surface area contributed by atoms with Gasteiger partial charge < -0.3 is 4.90 Å². The zero-order valence-electron chi connectivity index (χ0n) is 5.63. The average Bonchev–Trinajstić information content (AvgIpc) is 2.14. The fourth-order valence-electron chi connectivity index (χ4n) is 0.732. The van der Waals surface area contributed by atoms with Crippen LogP contribution in [0.25, 0.3) is 0 Å². The molecule has 0 radical (unpaired) electrons. The molecule has 0 bridgehead atoms. The minimum atomic E-state index is 0. The highest BCUT2D eigenvalue weighted by molar-refractivity contribution is 14.0. The van der Waals surface area contributed by atoms with Crippen molar-refractivity contribution in [2.75, 3.05) is 26.4 Å². The lowest BCUT2D eigenvalue weighted by Crippen LogP contribution is -2.19. The topological polar surface area (TPSA) is 15.6 Å². The first-order valence-corrected chi connectivity index (χ1v) is 3.86. The van der Waals surface area contributed by atoms with E-state index in [1.165, 1.54) is 5.17 Å². The molecule has 0 N–H and O–H groups in total. The van der Waals surface area contributed by atoms with Crippen LogP contribution in [-0.4, -0.2) is 36.5 Å². The van der Waals surface area contributed by atoms with E-state index >= 15 is 0 Å². The first-order chi connectivity index (χ1) is 3.84. The average molecular weight is 258 g/mol. The van der Waals surface area contributed by atoms with E-state index in [0.29, 0.717) is 0 Å². The Balaban J connectivity index is 0.000000640. The lowest BCUT2D eigenvalue weighted by atomic mass is 10.6. The summed E-state index contributed by atoms with van der Waals surface area (Å²) in [6.45, 7) is 2.07. The number of hydrogen-bond acceptors (Lipinski definition) is 3. The summed E-state index contributed by atoms with van der Waals surface area (Å²) in [7, 11) is 2.07. The SMILES string of the molecule is CSC1=NCCN1C.I. The van der Waals surface area contributed by atoms with Crippen LogP contribution in [-0.2, 0) is 0 Å². The smallest absolute Gasteiger partial charge is 0.158 e. The first kappa shape index (κ1) is 9.55. The Morgan fingerprint density at radius 3 is 2.56 bits per heavy atom. The van der Waals surface area contributed by atoms with Crippen molar-refractivity contribution in [1.29, 1.82) is 0 Å². The van der Waals surface area contributed by atoms with E-state index in [4.69, 9.17) is 0 Å². The third-order valence-corrected chi connectivity index (χ3v) is 2.00. The molecule has 1 rings (SSSR count). The molecular formula is C5H11IN2S. The van der Waals surface area contributed by atoms with Gasteiger partial charge in [-0.3, -0.25) is 4.99 Å². The molecule has 0 amide bonds. The van der Waals surface area contributed by atoms with Crippen molar-refractivity contribution >= 4 is 40.9 Å². The Morgan fingerprint density at radius 1 is 1.67 bits per heavy atom. The van der Waals surface area contributed by atoms with E-state index in [0.717, 1.165) is 13.1 Å². The number of halogens is 1. The highest BCUT2D eigenvalue weighted by Crippen LogP contribution is 2.07. The van der Waals surface area contributed by atoms with Crippen molar-refractivity contribution < 1.29 is 0 Å². The van der Waals surface area contributed by atoms with Gasteiger partial charge in [-0.05, 0) is 6.26 Å². The van der Waals surface area contributed by atoms with Crippen molar-refractivity contribution in [1.82, 2.24) is 4.90 Å². The van der Waals surface area contributed by atoms with E-state index in [-0.39, 0.29) is 24.0 Å². The van der Waals surface area contributed by atoms with Crippen molar-refractivity contribution in [3.63, 3.8) is 0 Å². The van der Waals surface area contributed by atoms with Gasteiger partial charge in [-0.15, -0.1) is 24.0 Å². The van der Waals surface area contributed by atoms with E-state index in [1.807, 2.05) is 0 Å². The third-order valence-electron chi connectivity index (χ3n) is 1.19. The first-order valence-electron chi connectivity index (χ1n) is 2.64. The summed E-state index contributed by atoms with van der Waals surface area (Å²) >= 11 is 1.72. The maximum atomic E-state index is 4.24. The number of rotatable bonds is 0. The van der Waals surface area contributed by atoms with Gasteiger partial charge in [-0.1, -0.05) is 11.8 Å². The molecule has 0 spiro atoms. The second kappa shape index (κ2) is 4.38. The monoisotopic (exact) mass is 258 g/mol. The largest absolute Gasteiger partial charge is 0.353 e. The molecule has 0 unspecified atom stereocenters. The predicted molar refractivity (Wildman–Crippen MR) is 53.9 cm³/mol. The number of nitrogens with zero attached hydrogens (tertiary/aromatic N) is 2. The quantitative estimate of drug-likeness (QED) is 0.608. The Kier molecular flexibility index (Phi) is 4.65. The maximum Gasteiger partial charge on any atom is 0.158 e. The third kappa shape index (κ3) is 2.33. The number of thioether (sulfide) groups is 1. The Morgan fingerprint density at radius 2 is 2.33 bits per heavy atom. The van der Waals surface area contributed by atoms with E-state index < -0.39 is 0 Å². The van der Waals surface area contributed by atoms with Crippen LogP contribution in [0.5, 0.6) is 0 Å². The molecule has 1 heterocycles. The van der Waals surface area contributed by atoms with Crippen molar-refractivity contribution in [2.45, 2.75) is 0 Å². The fourth-order valence-corrected chi connectivity index (χ4v) is 1.36. The molecule has 54 valence electrons. The molecule has 1 aliphatic rings. The van der Waals surface area contributed by atoms with Crippen molar-refractivity contribution in [3.8, 4) is 0 Å². The summed E-state index contributed by atoms with van der Waals surface area (Å²) in [5.74, 6) is 0. The summed E-state index contributed by atoms with van der Waals surface area (Å²) in [5.41, 5.74) is 0. The second-order valence-corrected chi connectivity index (χ2v) is 2.56. The molecule has 0 aromatic heterocycles. The summed E-state index contributed by atoms with van der Waals surface area (Å²) in [6, 6.07) is 0. The number of hydrogen-bond donors (Lipinski definition) is 0. The van der Waals surface area contributed by atoms with Gasteiger partial charge in [-0.25, -0.2) is 0 Å². The van der Waals surface area contributed by atoms with Crippen LogP contribution >= 0.6 is 35.7 Å².